The van der Waals surface area contributed by atoms with Crippen LogP contribution in [0.2, 0.25) is 0 Å². The minimum Gasteiger partial charge on any atom is -0.398 e. The van der Waals surface area contributed by atoms with E-state index in [0.29, 0.717) is 5.69 Å². The fourth-order valence-electron chi connectivity index (χ4n) is 1.23. The summed E-state index contributed by atoms with van der Waals surface area (Å²) in [5.41, 5.74) is 6.36. The minimum absolute atomic E-state index is 0.270. The van der Waals surface area contributed by atoms with Gasteiger partial charge in [-0.15, -0.1) is 0 Å². The Morgan fingerprint density at radius 1 is 1.06 bits per heavy atom. The molecule has 0 aliphatic carbocycles. The van der Waals surface area contributed by atoms with E-state index in [1.54, 1.807) is 6.07 Å². The van der Waals surface area contributed by atoms with Crippen LogP contribution in [-0.2, 0) is 0 Å². The van der Waals surface area contributed by atoms with E-state index >= 15 is 0 Å². The number of hydrogen-bond acceptors (Lipinski definition) is 2. The molecule has 2 aromatic carbocycles. The predicted molar refractivity (Wildman–Crippen MR) is 69.1 cm³/mol. The number of hydrogen-bond donors (Lipinski definition) is 1. The standard InChI is InChI=1S/C12H9BrFNS/c13-8-1-4-10(5-2-8)16-12-7-9(14)3-6-11(12)15/h1-7H,15H2. The van der Waals surface area contributed by atoms with Gasteiger partial charge in [0.15, 0.2) is 0 Å². The zero-order valence-electron chi connectivity index (χ0n) is 8.28. The summed E-state index contributed by atoms with van der Waals surface area (Å²) in [5, 5.41) is 0. The number of benzene rings is 2. The molecule has 0 fully saturated rings. The second-order valence-electron chi connectivity index (χ2n) is 3.24. The van der Waals surface area contributed by atoms with Crippen LogP contribution in [0.4, 0.5) is 10.1 Å². The SMILES string of the molecule is Nc1ccc(F)cc1Sc1ccc(Br)cc1. The lowest BCUT2D eigenvalue weighted by molar-refractivity contribution is 0.624. The molecule has 0 aromatic heterocycles. The third-order valence-electron chi connectivity index (χ3n) is 2.02. The molecule has 4 heteroatoms. The van der Waals surface area contributed by atoms with Gasteiger partial charge in [-0.1, -0.05) is 27.7 Å². The second kappa shape index (κ2) is 4.89. The van der Waals surface area contributed by atoms with Crippen molar-refractivity contribution in [2.45, 2.75) is 9.79 Å². The zero-order chi connectivity index (χ0) is 11.5. The molecule has 0 unspecified atom stereocenters. The van der Waals surface area contributed by atoms with Crippen LogP contribution in [-0.4, -0.2) is 0 Å². The molecule has 0 aliphatic rings. The molecule has 0 bridgehead atoms. The largest absolute Gasteiger partial charge is 0.398 e. The first kappa shape index (κ1) is 11.5. The van der Waals surface area contributed by atoms with Gasteiger partial charge in [0.05, 0.1) is 0 Å². The smallest absolute Gasteiger partial charge is 0.124 e. The summed E-state index contributed by atoms with van der Waals surface area (Å²) in [6.45, 7) is 0. The highest BCUT2D eigenvalue weighted by molar-refractivity contribution is 9.10. The molecule has 0 spiro atoms. The number of nitrogen functional groups attached to an aromatic ring is 1. The fourth-order valence-corrected chi connectivity index (χ4v) is 2.37. The minimum atomic E-state index is -0.270. The van der Waals surface area contributed by atoms with Crippen LogP contribution in [0.5, 0.6) is 0 Å². The van der Waals surface area contributed by atoms with E-state index in [4.69, 9.17) is 5.73 Å². The molecular weight excluding hydrogens is 289 g/mol. The number of halogens is 2. The first-order valence-electron chi connectivity index (χ1n) is 4.63. The maximum absolute atomic E-state index is 13.0. The van der Waals surface area contributed by atoms with Crippen LogP contribution < -0.4 is 5.73 Å². The lowest BCUT2D eigenvalue weighted by atomic mass is 10.3. The van der Waals surface area contributed by atoms with E-state index in [-0.39, 0.29) is 5.82 Å². The molecular formula is C12H9BrFNS. The lowest BCUT2D eigenvalue weighted by Crippen LogP contribution is -1.89. The zero-order valence-corrected chi connectivity index (χ0v) is 10.7. The summed E-state index contributed by atoms with van der Waals surface area (Å²) < 4.78 is 14.1. The van der Waals surface area contributed by atoms with Crippen LogP contribution in [0.25, 0.3) is 0 Å². The Labute approximate surface area is 106 Å². The van der Waals surface area contributed by atoms with Gasteiger partial charge in [-0.25, -0.2) is 4.39 Å². The molecule has 2 aromatic rings. The van der Waals surface area contributed by atoms with Crippen molar-refractivity contribution in [1.82, 2.24) is 0 Å². The lowest BCUT2D eigenvalue weighted by Gasteiger charge is -2.05. The highest BCUT2D eigenvalue weighted by Crippen LogP contribution is 2.32. The summed E-state index contributed by atoms with van der Waals surface area (Å²) in [4.78, 5) is 1.77. The van der Waals surface area contributed by atoms with Crippen molar-refractivity contribution in [2.24, 2.45) is 0 Å². The van der Waals surface area contributed by atoms with Crippen LogP contribution in [0.15, 0.2) is 56.7 Å². The second-order valence-corrected chi connectivity index (χ2v) is 5.27. The van der Waals surface area contributed by atoms with Crippen molar-refractivity contribution in [3.8, 4) is 0 Å². The third kappa shape index (κ3) is 2.77. The first-order valence-corrected chi connectivity index (χ1v) is 6.24. The normalized spacial score (nSPS) is 10.4. The fraction of sp³-hybridized carbons (Fsp3) is 0. The van der Waals surface area contributed by atoms with Gasteiger partial charge < -0.3 is 5.73 Å². The Balaban J connectivity index is 2.26. The maximum Gasteiger partial charge on any atom is 0.124 e. The first-order chi connectivity index (χ1) is 7.65. The number of rotatable bonds is 2. The Morgan fingerprint density at radius 3 is 2.44 bits per heavy atom. The van der Waals surface area contributed by atoms with Crippen LogP contribution in [0.3, 0.4) is 0 Å². The molecule has 82 valence electrons. The molecule has 0 saturated carbocycles. The van der Waals surface area contributed by atoms with Crippen LogP contribution >= 0.6 is 27.7 Å². The summed E-state index contributed by atoms with van der Waals surface area (Å²) in [6, 6.07) is 12.2. The van der Waals surface area contributed by atoms with E-state index < -0.39 is 0 Å². The van der Waals surface area contributed by atoms with Gasteiger partial charge >= 0.3 is 0 Å². The topological polar surface area (TPSA) is 26.0 Å². The molecule has 0 saturated heterocycles. The molecule has 0 amide bonds. The summed E-state index contributed by atoms with van der Waals surface area (Å²) >= 11 is 4.81. The van der Waals surface area contributed by atoms with Crippen molar-refractivity contribution >= 4 is 33.4 Å². The molecule has 0 atom stereocenters. The van der Waals surface area contributed by atoms with Gasteiger partial charge in [-0.3, -0.25) is 0 Å². The van der Waals surface area contributed by atoms with Gasteiger partial charge in [-0.05, 0) is 42.5 Å². The van der Waals surface area contributed by atoms with E-state index in [1.165, 1.54) is 23.9 Å². The summed E-state index contributed by atoms with van der Waals surface area (Å²) in [5.74, 6) is -0.270. The van der Waals surface area contributed by atoms with E-state index in [1.807, 2.05) is 24.3 Å². The quantitative estimate of drug-likeness (QED) is 0.836. The molecule has 2 rings (SSSR count). The number of nitrogens with two attached hydrogens (primary N) is 1. The average molecular weight is 298 g/mol. The van der Waals surface area contributed by atoms with Gasteiger partial charge in [0, 0.05) is 20.0 Å². The molecule has 0 radical (unpaired) electrons. The van der Waals surface area contributed by atoms with Crippen molar-refractivity contribution in [3.05, 3.63) is 52.8 Å². The average Bonchev–Trinajstić information content (AvgIpc) is 2.27. The van der Waals surface area contributed by atoms with Crippen molar-refractivity contribution in [3.63, 3.8) is 0 Å². The van der Waals surface area contributed by atoms with Crippen LogP contribution in [0, 0.1) is 5.82 Å². The Kier molecular flexibility index (Phi) is 3.51. The Bertz CT molecular complexity index is 499. The Hall–Kier alpha value is -1.00. The maximum atomic E-state index is 13.0. The molecule has 0 aliphatic heterocycles. The van der Waals surface area contributed by atoms with Gasteiger partial charge in [0.2, 0.25) is 0 Å². The van der Waals surface area contributed by atoms with Crippen molar-refractivity contribution in [2.75, 3.05) is 5.73 Å². The van der Waals surface area contributed by atoms with E-state index in [0.717, 1.165) is 14.3 Å². The summed E-state index contributed by atoms with van der Waals surface area (Å²) in [7, 11) is 0. The predicted octanol–water partition coefficient (Wildman–Crippen LogP) is 4.32. The molecule has 2 N–H and O–H groups in total. The van der Waals surface area contributed by atoms with Crippen molar-refractivity contribution in [1.29, 1.82) is 0 Å². The molecule has 1 nitrogen and oxygen atoms in total. The van der Waals surface area contributed by atoms with E-state index in [2.05, 4.69) is 15.9 Å². The number of anilines is 1. The van der Waals surface area contributed by atoms with Gasteiger partial charge in [0.25, 0.3) is 0 Å². The monoisotopic (exact) mass is 297 g/mol. The van der Waals surface area contributed by atoms with Crippen LogP contribution in [0.1, 0.15) is 0 Å². The highest BCUT2D eigenvalue weighted by atomic mass is 79.9. The van der Waals surface area contributed by atoms with Gasteiger partial charge in [-0.2, -0.15) is 0 Å². The van der Waals surface area contributed by atoms with E-state index in [9.17, 15) is 4.39 Å². The Morgan fingerprint density at radius 2 is 1.75 bits per heavy atom. The summed E-state index contributed by atoms with van der Waals surface area (Å²) in [6.07, 6.45) is 0. The van der Waals surface area contributed by atoms with Crippen molar-refractivity contribution < 1.29 is 4.39 Å². The molecule has 16 heavy (non-hydrogen) atoms. The molecule has 0 heterocycles. The van der Waals surface area contributed by atoms with Gasteiger partial charge in [0.1, 0.15) is 5.82 Å². The third-order valence-corrected chi connectivity index (χ3v) is 3.63. The highest BCUT2D eigenvalue weighted by Gasteiger charge is 2.03.